The van der Waals surface area contributed by atoms with Crippen LogP contribution in [0.5, 0.6) is 0 Å². The molecule has 220 valence electrons. The third-order valence-electron chi connectivity index (χ3n) is 9.52. The predicted octanol–water partition coefficient (Wildman–Crippen LogP) is 12.0. The van der Waals surface area contributed by atoms with Crippen LogP contribution in [0.25, 0.3) is 65.6 Å². The van der Waals surface area contributed by atoms with Gasteiger partial charge in [0.25, 0.3) is 0 Å². The molecule has 0 saturated heterocycles. The van der Waals surface area contributed by atoms with E-state index in [1.54, 1.807) is 0 Å². The summed E-state index contributed by atoms with van der Waals surface area (Å²) in [6, 6.07) is 49.6. The lowest BCUT2D eigenvalue weighted by Gasteiger charge is -2.34. The van der Waals surface area contributed by atoms with Gasteiger partial charge in [-0.2, -0.15) is 0 Å². The highest BCUT2D eigenvalue weighted by molar-refractivity contribution is 14.2. The van der Waals surface area contributed by atoms with Crippen molar-refractivity contribution in [1.29, 1.82) is 0 Å². The number of fused-ring (bicyclic) bond motifs is 10. The monoisotopic (exact) mass is 714 g/mol. The zero-order valence-electron chi connectivity index (χ0n) is 24.9. The van der Waals surface area contributed by atoms with Crippen molar-refractivity contribution in [3.05, 3.63) is 151 Å². The number of para-hydroxylation sites is 2. The van der Waals surface area contributed by atoms with Crippen LogP contribution in [0, 0.1) is 0 Å². The van der Waals surface area contributed by atoms with Crippen molar-refractivity contribution in [3.63, 3.8) is 0 Å². The fourth-order valence-corrected chi connectivity index (χ4v) is 10.5. The average Bonchev–Trinajstić information content (AvgIpc) is 3.70. The molecule has 5 heteroatoms. The third kappa shape index (κ3) is 3.52. The lowest BCUT2D eigenvalue weighted by molar-refractivity contribution is 0.608. The quantitative estimate of drug-likeness (QED) is 0.126. The number of benzene rings is 7. The molecule has 2 aromatic heterocycles. The van der Waals surface area contributed by atoms with Crippen molar-refractivity contribution in [2.24, 2.45) is 4.99 Å². The Kier molecular flexibility index (Phi) is 5.18. The van der Waals surface area contributed by atoms with E-state index in [9.17, 15) is 0 Å². The molecule has 0 saturated carbocycles. The Bertz CT molecular complexity index is 2870. The number of furan rings is 2. The minimum absolute atomic E-state index is 0.848. The molecule has 0 fully saturated rings. The van der Waals surface area contributed by atoms with E-state index in [1.807, 2.05) is 24.3 Å². The topological polar surface area (TPSA) is 41.9 Å². The Morgan fingerprint density at radius 1 is 0.489 bits per heavy atom. The molecule has 0 unspecified atom stereocenters. The molecule has 2 aliphatic heterocycles. The first-order valence-corrected chi connectivity index (χ1v) is 17.8. The number of anilines is 2. The van der Waals surface area contributed by atoms with Gasteiger partial charge < -0.3 is 8.83 Å². The lowest BCUT2D eigenvalue weighted by atomic mass is 9.88. The van der Waals surface area contributed by atoms with Crippen LogP contribution in [0.3, 0.4) is 0 Å². The van der Waals surface area contributed by atoms with Crippen LogP contribution in [-0.2, 0) is 0 Å². The Morgan fingerprint density at radius 3 is 2.06 bits per heavy atom. The van der Waals surface area contributed by atoms with Crippen molar-refractivity contribution in [3.8, 4) is 11.1 Å². The molecular weight excluding hydrogens is 691 g/mol. The van der Waals surface area contributed by atoms with Crippen molar-refractivity contribution < 1.29 is 8.83 Å². The lowest BCUT2D eigenvalue weighted by Crippen LogP contribution is -2.26. The zero-order chi connectivity index (χ0) is 30.6. The maximum absolute atomic E-state index is 6.71. The highest BCUT2D eigenvalue weighted by Gasteiger charge is 2.33. The third-order valence-corrected chi connectivity index (χ3v) is 12.3. The molecule has 0 bridgehead atoms. The van der Waals surface area contributed by atoms with E-state index in [2.05, 4.69) is 120 Å². The van der Waals surface area contributed by atoms with Gasteiger partial charge in [-0.15, -0.1) is 0 Å². The number of hydrogen-bond donors (Lipinski definition) is 0. The molecule has 4 heterocycles. The summed E-state index contributed by atoms with van der Waals surface area (Å²) in [7, 11) is 0. The van der Waals surface area contributed by atoms with Gasteiger partial charge in [0.2, 0.25) is 0 Å². The molecule has 0 aliphatic carbocycles. The fourth-order valence-electron chi connectivity index (χ4n) is 7.53. The number of halogens is 1. The molecule has 0 atom stereocenters. The molecule has 7 aromatic carbocycles. The summed E-state index contributed by atoms with van der Waals surface area (Å²) in [4.78, 5) is 8.00. The maximum Gasteiger partial charge on any atom is 0.172 e. The number of hydrogen-bond acceptors (Lipinski definition) is 4. The standard InChI is InChI=1S/C42H23IN2O2/c1-2-13-26-24(10-1)22-23-32-37(26)29-16-7-11-25-12-8-18-31(36(25)29)45(32)42-43-39(41-40(44-42)28-15-4-6-20-34(28)47-41)30-17-9-21-35-38(30)27-14-3-5-19-33(27)46-35/h1-23H. The Labute approximate surface area is 278 Å². The summed E-state index contributed by atoms with van der Waals surface area (Å²) in [5, 5.41) is 8.24. The van der Waals surface area contributed by atoms with Crippen LogP contribution in [0.4, 0.5) is 17.1 Å². The highest BCUT2D eigenvalue weighted by Crippen LogP contribution is 2.53. The molecule has 9 aromatic rings. The number of rotatable bonds is 1. The summed E-state index contributed by atoms with van der Waals surface area (Å²) >= 11 is -0.848. The first-order valence-electron chi connectivity index (χ1n) is 15.7. The SMILES string of the molecule is c1ccc2c3c(ccc2c1)N(C1=Nc2c(oc4ccccc24)C(c2cccc4oc5ccccc5c24)=I1)c1cccc2cccc-3c12. The fraction of sp³-hybridized carbons (Fsp3) is 0. The molecule has 4 nitrogen and oxygen atoms in total. The number of aliphatic imine (C=N–C) groups is 1. The van der Waals surface area contributed by atoms with Gasteiger partial charge in [0.15, 0.2) is 9.60 Å². The normalized spacial score (nSPS) is 13.9. The van der Waals surface area contributed by atoms with E-state index in [0.29, 0.717) is 0 Å². The molecule has 47 heavy (non-hydrogen) atoms. The Balaban J connectivity index is 1.26. The van der Waals surface area contributed by atoms with Crippen LogP contribution in [-0.4, -0.2) is 7.35 Å². The van der Waals surface area contributed by atoms with Crippen molar-refractivity contribution >= 4 is 99.6 Å². The largest absolute Gasteiger partial charge is 0.456 e. The van der Waals surface area contributed by atoms with Gasteiger partial charge >= 0.3 is 0 Å². The molecule has 0 amide bonds. The summed E-state index contributed by atoms with van der Waals surface area (Å²) in [6.45, 7) is 0. The van der Waals surface area contributed by atoms with E-state index in [4.69, 9.17) is 13.8 Å². The van der Waals surface area contributed by atoms with E-state index < -0.39 is 20.7 Å². The summed E-state index contributed by atoms with van der Waals surface area (Å²) in [5.74, 6) is 0.870. The van der Waals surface area contributed by atoms with E-state index in [-0.39, 0.29) is 0 Å². The predicted molar refractivity (Wildman–Crippen MR) is 203 cm³/mol. The number of nitrogens with zero attached hydrogens (tertiary/aromatic N) is 2. The highest BCUT2D eigenvalue weighted by atomic mass is 127. The van der Waals surface area contributed by atoms with Crippen LogP contribution < -0.4 is 4.90 Å². The van der Waals surface area contributed by atoms with Crippen LogP contribution in [0.15, 0.2) is 153 Å². The second kappa shape index (κ2) is 9.50. The second-order valence-corrected chi connectivity index (χ2v) is 14.6. The van der Waals surface area contributed by atoms with Crippen molar-refractivity contribution in [2.45, 2.75) is 0 Å². The van der Waals surface area contributed by atoms with Crippen LogP contribution >= 0.6 is 20.7 Å². The first kappa shape index (κ1) is 25.6. The maximum atomic E-state index is 6.71. The van der Waals surface area contributed by atoms with Gasteiger partial charge in [0, 0.05) is 32.7 Å². The Hall–Kier alpha value is -5.53. The molecular formula is C42H23IN2O2. The van der Waals surface area contributed by atoms with E-state index in [1.165, 1.54) is 41.9 Å². The molecule has 2 aliphatic rings. The van der Waals surface area contributed by atoms with Gasteiger partial charge in [-0.1, -0.05) is 103 Å². The van der Waals surface area contributed by atoms with Crippen molar-refractivity contribution in [2.75, 3.05) is 4.90 Å². The van der Waals surface area contributed by atoms with Gasteiger partial charge in [0.1, 0.15) is 22.4 Å². The van der Waals surface area contributed by atoms with Crippen molar-refractivity contribution in [1.82, 2.24) is 0 Å². The van der Waals surface area contributed by atoms with E-state index >= 15 is 0 Å². The second-order valence-electron chi connectivity index (χ2n) is 12.0. The van der Waals surface area contributed by atoms with Crippen LogP contribution in [0.1, 0.15) is 11.3 Å². The smallest absolute Gasteiger partial charge is 0.172 e. The molecule has 0 radical (unpaired) electrons. The van der Waals surface area contributed by atoms with E-state index in [0.717, 1.165) is 59.4 Å². The first-order chi connectivity index (χ1) is 23.3. The van der Waals surface area contributed by atoms with Crippen LogP contribution in [0.2, 0.25) is 0 Å². The summed E-state index contributed by atoms with van der Waals surface area (Å²) in [6.07, 6.45) is 0. The summed E-state index contributed by atoms with van der Waals surface area (Å²) < 4.78 is 15.4. The minimum atomic E-state index is -0.848. The minimum Gasteiger partial charge on any atom is -0.456 e. The average molecular weight is 715 g/mol. The van der Waals surface area contributed by atoms with Gasteiger partial charge in [0.05, 0.1) is 14.9 Å². The molecule has 11 rings (SSSR count). The number of amidine groups is 1. The molecule has 0 N–H and O–H groups in total. The molecule has 0 spiro atoms. The van der Waals surface area contributed by atoms with Gasteiger partial charge in [-0.25, -0.2) is 4.99 Å². The Morgan fingerprint density at radius 2 is 1.17 bits per heavy atom. The zero-order valence-corrected chi connectivity index (χ0v) is 27.0. The van der Waals surface area contributed by atoms with Gasteiger partial charge in [-0.3, -0.25) is 4.90 Å². The summed E-state index contributed by atoms with van der Waals surface area (Å²) in [5.41, 5.74) is 9.54. The van der Waals surface area contributed by atoms with Gasteiger partial charge in [-0.05, 0) is 78.9 Å².